The van der Waals surface area contributed by atoms with E-state index in [1.54, 1.807) is 63.2 Å². The Bertz CT molecular complexity index is 966. The van der Waals surface area contributed by atoms with E-state index in [2.05, 4.69) is 21.2 Å². The fourth-order valence-electron chi connectivity index (χ4n) is 2.97. The number of alkyl carbamates (subject to hydrolysis) is 1. The summed E-state index contributed by atoms with van der Waals surface area (Å²) in [6, 6.07) is 11.6. The number of fused-ring (bicyclic) bond motifs is 1. The molecule has 0 spiro atoms. The van der Waals surface area contributed by atoms with E-state index in [-0.39, 0.29) is 11.1 Å². The second-order valence-corrected chi connectivity index (χ2v) is 8.41. The van der Waals surface area contributed by atoms with Crippen molar-refractivity contribution in [3.8, 4) is 5.75 Å². The Hall–Kier alpha value is -2.87. The quantitative estimate of drug-likeness (QED) is 0.688. The first-order chi connectivity index (χ1) is 13.6. The number of benzene rings is 2. The molecule has 0 aromatic heterocycles. The number of imide groups is 1. The van der Waals surface area contributed by atoms with Crippen LogP contribution in [0.3, 0.4) is 0 Å². The average molecular weight is 461 g/mol. The third-order valence-corrected chi connectivity index (χ3v) is 4.72. The van der Waals surface area contributed by atoms with Crippen LogP contribution >= 0.6 is 15.9 Å². The Kier molecular flexibility index (Phi) is 5.66. The number of methoxy groups -OCH3 is 1. The summed E-state index contributed by atoms with van der Waals surface area (Å²) < 4.78 is 11.2. The van der Waals surface area contributed by atoms with Gasteiger partial charge in [0.1, 0.15) is 17.5 Å². The molecule has 8 heteroatoms. The summed E-state index contributed by atoms with van der Waals surface area (Å²) in [5, 5.41) is 2.65. The van der Waals surface area contributed by atoms with Crippen LogP contribution in [0.5, 0.6) is 5.75 Å². The highest BCUT2D eigenvalue weighted by molar-refractivity contribution is 9.10. The van der Waals surface area contributed by atoms with Crippen LogP contribution in [0.1, 0.15) is 53.2 Å². The van der Waals surface area contributed by atoms with Gasteiger partial charge in [0.05, 0.1) is 18.2 Å². The lowest BCUT2D eigenvalue weighted by Crippen LogP contribution is -2.45. The molecule has 1 aliphatic rings. The van der Waals surface area contributed by atoms with E-state index in [0.29, 0.717) is 15.8 Å². The predicted octanol–water partition coefficient (Wildman–Crippen LogP) is 4.28. The van der Waals surface area contributed by atoms with Crippen LogP contribution < -0.4 is 10.1 Å². The zero-order valence-corrected chi connectivity index (χ0v) is 18.1. The summed E-state index contributed by atoms with van der Waals surface area (Å²) >= 11 is 3.32. The Morgan fingerprint density at radius 1 is 1.03 bits per heavy atom. The highest BCUT2D eigenvalue weighted by Crippen LogP contribution is 2.32. The summed E-state index contributed by atoms with van der Waals surface area (Å²) in [6.45, 7) is 5.19. The number of hydrogen-bond donors (Lipinski definition) is 1. The van der Waals surface area contributed by atoms with Crippen LogP contribution in [-0.2, 0) is 4.74 Å². The maximum atomic E-state index is 13.0. The fraction of sp³-hybridized carbons (Fsp3) is 0.286. The number of halogens is 1. The third-order valence-electron chi connectivity index (χ3n) is 4.22. The van der Waals surface area contributed by atoms with E-state index in [4.69, 9.17) is 9.47 Å². The summed E-state index contributed by atoms with van der Waals surface area (Å²) in [6.07, 6.45) is -1.78. The van der Waals surface area contributed by atoms with Gasteiger partial charge in [0, 0.05) is 4.47 Å². The number of amides is 3. The fourth-order valence-corrected chi connectivity index (χ4v) is 3.33. The predicted molar refractivity (Wildman–Crippen MR) is 110 cm³/mol. The van der Waals surface area contributed by atoms with Crippen LogP contribution in [0.2, 0.25) is 0 Å². The number of carbonyl (C=O) groups excluding carboxylic acids is 3. The van der Waals surface area contributed by atoms with Gasteiger partial charge in [-0.1, -0.05) is 28.1 Å². The molecule has 3 rings (SSSR count). The van der Waals surface area contributed by atoms with Crippen molar-refractivity contribution in [3.05, 3.63) is 63.6 Å². The Balaban J connectivity index is 1.99. The molecule has 2 aromatic rings. The topological polar surface area (TPSA) is 84.9 Å². The lowest BCUT2D eigenvalue weighted by Gasteiger charge is -2.29. The van der Waals surface area contributed by atoms with Crippen LogP contribution in [0.25, 0.3) is 0 Å². The molecule has 7 nitrogen and oxygen atoms in total. The largest absolute Gasteiger partial charge is 0.497 e. The van der Waals surface area contributed by atoms with Gasteiger partial charge >= 0.3 is 6.09 Å². The Morgan fingerprint density at radius 2 is 1.66 bits per heavy atom. The molecule has 0 saturated carbocycles. The highest BCUT2D eigenvalue weighted by atomic mass is 79.9. The van der Waals surface area contributed by atoms with Gasteiger partial charge in [-0.05, 0) is 56.7 Å². The molecule has 1 aliphatic heterocycles. The van der Waals surface area contributed by atoms with Crippen molar-refractivity contribution in [2.45, 2.75) is 32.5 Å². The molecule has 0 aliphatic carbocycles. The SMILES string of the molecule is COc1ccc(C(NC(=O)OC(C)(C)C)N2C(=O)c3ccc(Br)cc3C2=O)cc1. The molecule has 0 fully saturated rings. The van der Waals surface area contributed by atoms with Gasteiger partial charge in [-0.3, -0.25) is 14.9 Å². The lowest BCUT2D eigenvalue weighted by molar-refractivity contribution is 0.0385. The smallest absolute Gasteiger partial charge is 0.409 e. The first kappa shape index (κ1) is 20.9. The van der Waals surface area contributed by atoms with Crippen molar-refractivity contribution >= 4 is 33.8 Å². The summed E-state index contributed by atoms with van der Waals surface area (Å²) in [7, 11) is 1.54. The minimum Gasteiger partial charge on any atom is -0.497 e. The summed E-state index contributed by atoms with van der Waals surface area (Å²) in [5.74, 6) is -0.381. The van der Waals surface area contributed by atoms with Crippen molar-refractivity contribution in [2.24, 2.45) is 0 Å². The number of rotatable bonds is 4. The normalized spacial score (nSPS) is 14.4. The van der Waals surface area contributed by atoms with E-state index < -0.39 is 29.7 Å². The molecular weight excluding hydrogens is 440 g/mol. The number of nitrogens with zero attached hydrogens (tertiary/aromatic N) is 1. The van der Waals surface area contributed by atoms with E-state index in [1.165, 1.54) is 7.11 Å². The van der Waals surface area contributed by atoms with Crippen molar-refractivity contribution in [2.75, 3.05) is 7.11 Å². The van der Waals surface area contributed by atoms with Gasteiger partial charge in [0.2, 0.25) is 0 Å². The van der Waals surface area contributed by atoms with Gasteiger partial charge in [-0.2, -0.15) is 0 Å². The zero-order chi connectivity index (χ0) is 21.3. The summed E-state index contributed by atoms with van der Waals surface area (Å²) in [4.78, 5) is 39.5. The second-order valence-electron chi connectivity index (χ2n) is 7.49. The number of ether oxygens (including phenoxy) is 2. The van der Waals surface area contributed by atoms with Crippen molar-refractivity contribution < 1.29 is 23.9 Å². The van der Waals surface area contributed by atoms with Crippen molar-refractivity contribution in [1.82, 2.24) is 10.2 Å². The monoisotopic (exact) mass is 460 g/mol. The van der Waals surface area contributed by atoms with Gasteiger partial charge < -0.3 is 9.47 Å². The standard InChI is InChI=1S/C21H21BrN2O5/c1-21(2,3)29-20(27)23-17(12-5-8-14(28-4)9-6-12)24-18(25)15-10-7-13(22)11-16(15)19(24)26/h5-11,17H,1-4H3,(H,23,27). The molecule has 1 N–H and O–H groups in total. The van der Waals surface area contributed by atoms with E-state index in [0.717, 1.165) is 4.90 Å². The first-order valence-corrected chi connectivity index (χ1v) is 9.71. The van der Waals surface area contributed by atoms with Crippen molar-refractivity contribution in [1.29, 1.82) is 0 Å². The Morgan fingerprint density at radius 3 is 2.24 bits per heavy atom. The van der Waals surface area contributed by atoms with Gasteiger partial charge in [0.15, 0.2) is 0 Å². The molecule has 1 atom stereocenters. The molecule has 2 aromatic carbocycles. The van der Waals surface area contributed by atoms with Gasteiger partial charge in [-0.15, -0.1) is 0 Å². The van der Waals surface area contributed by atoms with Crippen LogP contribution in [-0.4, -0.2) is 35.5 Å². The third kappa shape index (κ3) is 4.42. The lowest BCUT2D eigenvalue weighted by atomic mass is 10.1. The molecule has 0 saturated heterocycles. The highest BCUT2D eigenvalue weighted by Gasteiger charge is 2.41. The number of carbonyl (C=O) groups is 3. The molecule has 1 heterocycles. The molecule has 1 unspecified atom stereocenters. The van der Waals surface area contributed by atoms with E-state index >= 15 is 0 Å². The molecular formula is C21H21BrN2O5. The van der Waals surface area contributed by atoms with Crippen LogP contribution in [0.4, 0.5) is 4.79 Å². The zero-order valence-electron chi connectivity index (χ0n) is 16.5. The molecule has 152 valence electrons. The summed E-state index contributed by atoms with van der Waals surface area (Å²) in [5.41, 5.74) is 0.350. The van der Waals surface area contributed by atoms with Crippen molar-refractivity contribution in [3.63, 3.8) is 0 Å². The number of nitrogens with one attached hydrogen (secondary N) is 1. The molecule has 29 heavy (non-hydrogen) atoms. The van der Waals surface area contributed by atoms with E-state index in [1.807, 2.05) is 0 Å². The number of hydrogen-bond acceptors (Lipinski definition) is 5. The molecule has 0 radical (unpaired) electrons. The first-order valence-electron chi connectivity index (χ1n) is 8.91. The van der Waals surface area contributed by atoms with Gasteiger partial charge in [-0.25, -0.2) is 9.69 Å². The Labute approximate surface area is 177 Å². The second kappa shape index (κ2) is 7.87. The molecule has 0 bridgehead atoms. The van der Waals surface area contributed by atoms with Crippen LogP contribution in [0, 0.1) is 0 Å². The van der Waals surface area contributed by atoms with Gasteiger partial charge in [0.25, 0.3) is 11.8 Å². The van der Waals surface area contributed by atoms with E-state index in [9.17, 15) is 14.4 Å². The van der Waals surface area contributed by atoms with Crippen LogP contribution in [0.15, 0.2) is 46.9 Å². The average Bonchev–Trinajstić information content (AvgIpc) is 2.89. The minimum atomic E-state index is -1.04. The maximum absolute atomic E-state index is 13.0. The molecule has 3 amide bonds. The minimum absolute atomic E-state index is 0.272. The maximum Gasteiger partial charge on any atom is 0.409 e.